The first-order valence-corrected chi connectivity index (χ1v) is 5.25. The van der Waals surface area contributed by atoms with Crippen LogP contribution in [0, 0.1) is 0 Å². The molecule has 1 heterocycles. The maximum absolute atomic E-state index is 11.7. The molecule has 0 saturated carbocycles. The van der Waals surface area contributed by atoms with E-state index in [1.165, 1.54) is 0 Å². The van der Waals surface area contributed by atoms with Crippen LogP contribution >= 0.6 is 0 Å². The van der Waals surface area contributed by atoms with Crippen LogP contribution in [0.4, 0.5) is 0 Å². The Bertz CT molecular complexity index is 322. The minimum absolute atomic E-state index is 0.00412. The molecule has 0 saturated heterocycles. The highest BCUT2D eigenvalue weighted by atomic mass is 16.3. The van der Waals surface area contributed by atoms with E-state index in [0.717, 1.165) is 0 Å². The van der Waals surface area contributed by atoms with E-state index in [4.69, 9.17) is 5.11 Å². The summed E-state index contributed by atoms with van der Waals surface area (Å²) in [4.78, 5) is 13.3. The number of nitrogens with zero attached hydrogens (tertiary/aromatic N) is 3. The lowest BCUT2D eigenvalue weighted by Gasteiger charge is -2.19. The molecular formula is C11H17N3O2. The van der Waals surface area contributed by atoms with Gasteiger partial charge in [-0.2, -0.15) is 5.10 Å². The zero-order valence-electron chi connectivity index (χ0n) is 9.25. The highest BCUT2D eigenvalue weighted by Crippen LogP contribution is 1.97. The lowest BCUT2D eigenvalue weighted by molar-refractivity contribution is -0.131. The van der Waals surface area contributed by atoms with E-state index >= 15 is 0 Å². The van der Waals surface area contributed by atoms with Crippen molar-refractivity contribution in [3.8, 4) is 0 Å². The number of aliphatic hydroxyl groups excluding tert-OH is 1. The number of hydrogen-bond donors (Lipinski definition) is 1. The molecule has 1 N–H and O–H groups in total. The first kappa shape index (κ1) is 12.4. The number of amides is 1. The molecule has 0 aliphatic carbocycles. The highest BCUT2D eigenvalue weighted by Gasteiger charge is 2.10. The molecule has 16 heavy (non-hydrogen) atoms. The van der Waals surface area contributed by atoms with Crippen molar-refractivity contribution >= 4 is 5.91 Å². The van der Waals surface area contributed by atoms with Gasteiger partial charge in [0.05, 0.1) is 6.61 Å². The van der Waals surface area contributed by atoms with Gasteiger partial charge in [-0.05, 0) is 6.07 Å². The standard InChI is InChI=1S/C11H17N3O2/c1-2-6-13(9-10-15)11(16)4-8-14-7-3-5-12-14/h2-3,5,7,15H,1,4,6,8-10H2. The third-order valence-corrected chi connectivity index (χ3v) is 2.19. The summed E-state index contributed by atoms with van der Waals surface area (Å²) in [5.74, 6) is 0.00412. The average molecular weight is 223 g/mol. The van der Waals surface area contributed by atoms with Gasteiger partial charge in [0.15, 0.2) is 0 Å². The Morgan fingerprint density at radius 3 is 3.00 bits per heavy atom. The summed E-state index contributed by atoms with van der Waals surface area (Å²) in [5.41, 5.74) is 0. The zero-order chi connectivity index (χ0) is 11.8. The number of rotatable bonds is 7. The molecule has 0 aliphatic rings. The predicted octanol–water partition coefficient (Wildman–Crippen LogP) is 0.280. The number of aliphatic hydroxyl groups is 1. The molecule has 5 nitrogen and oxygen atoms in total. The maximum Gasteiger partial charge on any atom is 0.224 e. The quantitative estimate of drug-likeness (QED) is 0.675. The summed E-state index contributed by atoms with van der Waals surface area (Å²) in [6, 6.07) is 1.82. The molecule has 5 heteroatoms. The first-order chi connectivity index (χ1) is 7.77. The molecule has 0 unspecified atom stereocenters. The number of carbonyl (C=O) groups is 1. The normalized spacial score (nSPS) is 10.1. The van der Waals surface area contributed by atoms with Crippen molar-refractivity contribution in [2.45, 2.75) is 13.0 Å². The van der Waals surface area contributed by atoms with Crippen LogP contribution in [0.5, 0.6) is 0 Å². The van der Waals surface area contributed by atoms with Crippen molar-refractivity contribution in [3.63, 3.8) is 0 Å². The number of aromatic nitrogens is 2. The molecule has 0 bridgehead atoms. The van der Waals surface area contributed by atoms with E-state index in [1.54, 1.807) is 21.9 Å². The van der Waals surface area contributed by atoms with Gasteiger partial charge < -0.3 is 10.0 Å². The summed E-state index contributed by atoms with van der Waals surface area (Å²) >= 11 is 0. The largest absolute Gasteiger partial charge is 0.395 e. The molecule has 1 amide bonds. The second kappa shape index (κ2) is 6.79. The van der Waals surface area contributed by atoms with Crippen LogP contribution in [0.3, 0.4) is 0 Å². The van der Waals surface area contributed by atoms with Crippen LogP contribution in [0.25, 0.3) is 0 Å². The Morgan fingerprint density at radius 2 is 2.44 bits per heavy atom. The van der Waals surface area contributed by atoms with Gasteiger partial charge in [-0.15, -0.1) is 6.58 Å². The summed E-state index contributed by atoms with van der Waals surface area (Å²) in [6.07, 6.45) is 5.54. The van der Waals surface area contributed by atoms with Crippen LogP contribution in [-0.2, 0) is 11.3 Å². The molecule has 0 atom stereocenters. The molecular weight excluding hydrogens is 206 g/mol. The Hall–Kier alpha value is -1.62. The topological polar surface area (TPSA) is 58.4 Å². The van der Waals surface area contributed by atoms with E-state index in [9.17, 15) is 4.79 Å². The second-order valence-electron chi connectivity index (χ2n) is 3.37. The minimum Gasteiger partial charge on any atom is -0.395 e. The van der Waals surface area contributed by atoms with Crippen molar-refractivity contribution in [2.24, 2.45) is 0 Å². The van der Waals surface area contributed by atoms with Gasteiger partial charge in [0, 0.05) is 38.4 Å². The Morgan fingerprint density at radius 1 is 1.62 bits per heavy atom. The van der Waals surface area contributed by atoms with E-state index in [1.807, 2.05) is 12.3 Å². The van der Waals surface area contributed by atoms with Crippen LogP contribution in [0.15, 0.2) is 31.1 Å². The van der Waals surface area contributed by atoms with Gasteiger partial charge in [0.25, 0.3) is 0 Å². The molecule has 88 valence electrons. The Kier molecular flexibility index (Phi) is 5.28. The summed E-state index contributed by atoms with van der Waals surface area (Å²) < 4.78 is 1.71. The van der Waals surface area contributed by atoms with E-state index in [-0.39, 0.29) is 12.5 Å². The summed E-state index contributed by atoms with van der Waals surface area (Å²) in [6.45, 7) is 4.94. The fraction of sp³-hybridized carbons (Fsp3) is 0.455. The fourth-order valence-corrected chi connectivity index (χ4v) is 1.40. The highest BCUT2D eigenvalue weighted by molar-refractivity contribution is 5.76. The van der Waals surface area contributed by atoms with Gasteiger partial charge in [-0.1, -0.05) is 6.08 Å². The molecule has 0 radical (unpaired) electrons. The molecule has 1 aromatic heterocycles. The van der Waals surface area contributed by atoms with Gasteiger partial charge in [-0.3, -0.25) is 9.48 Å². The molecule has 0 aliphatic heterocycles. The number of aryl methyl sites for hydroxylation is 1. The smallest absolute Gasteiger partial charge is 0.224 e. The lowest BCUT2D eigenvalue weighted by Crippen LogP contribution is -2.34. The first-order valence-electron chi connectivity index (χ1n) is 5.25. The van der Waals surface area contributed by atoms with Crippen LogP contribution in [0.1, 0.15) is 6.42 Å². The van der Waals surface area contributed by atoms with Gasteiger partial charge in [-0.25, -0.2) is 0 Å². The SMILES string of the molecule is C=CCN(CCO)C(=O)CCn1cccn1. The van der Waals surface area contributed by atoms with E-state index < -0.39 is 0 Å². The molecule has 1 aromatic rings. The van der Waals surface area contributed by atoms with E-state index in [2.05, 4.69) is 11.7 Å². The van der Waals surface area contributed by atoms with Crippen molar-refractivity contribution < 1.29 is 9.90 Å². The van der Waals surface area contributed by atoms with Crippen LogP contribution in [-0.4, -0.2) is 45.4 Å². The Labute approximate surface area is 95.0 Å². The minimum atomic E-state index is -0.0264. The third-order valence-electron chi connectivity index (χ3n) is 2.19. The van der Waals surface area contributed by atoms with Crippen molar-refractivity contribution in [2.75, 3.05) is 19.7 Å². The number of carbonyl (C=O) groups excluding carboxylic acids is 1. The van der Waals surface area contributed by atoms with Gasteiger partial charge >= 0.3 is 0 Å². The molecule has 0 spiro atoms. The fourth-order valence-electron chi connectivity index (χ4n) is 1.40. The van der Waals surface area contributed by atoms with Gasteiger partial charge in [0.1, 0.15) is 0 Å². The second-order valence-corrected chi connectivity index (χ2v) is 3.37. The van der Waals surface area contributed by atoms with Crippen molar-refractivity contribution in [1.82, 2.24) is 14.7 Å². The van der Waals surface area contributed by atoms with Crippen molar-refractivity contribution in [3.05, 3.63) is 31.1 Å². The monoisotopic (exact) mass is 223 g/mol. The lowest BCUT2D eigenvalue weighted by atomic mass is 10.3. The predicted molar refractivity (Wildman–Crippen MR) is 60.7 cm³/mol. The molecule has 1 rings (SSSR count). The van der Waals surface area contributed by atoms with Gasteiger partial charge in [0.2, 0.25) is 5.91 Å². The number of hydrogen-bond acceptors (Lipinski definition) is 3. The third kappa shape index (κ3) is 3.86. The summed E-state index contributed by atoms with van der Waals surface area (Å²) in [5, 5.41) is 12.8. The zero-order valence-corrected chi connectivity index (χ0v) is 9.25. The maximum atomic E-state index is 11.7. The van der Waals surface area contributed by atoms with Crippen LogP contribution < -0.4 is 0 Å². The van der Waals surface area contributed by atoms with Crippen LogP contribution in [0.2, 0.25) is 0 Å². The molecule has 0 aromatic carbocycles. The average Bonchev–Trinajstić information content (AvgIpc) is 2.78. The molecule has 0 fully saturated rings. The Balaban J connectivity index is 2.39. The van der Waals surface area contributed by atoms with E-state index in [0.29, 0.717) is 26.1 Å². The summed E-state index contributed by atoms with van der Waals surface area (Å²) in [7, 11) is 0. The van der Waals surface area contributed by atoms with Crippen molar-refractivity contribution in [1.29, 1.82) is 0 Å².